The third-order valence-corrected chi connectivity index (χ3v) is 3.00. The summed E-state index contributed by atoms with van der Waals surface area (Å²) in [6, 6.07) is 7.79. The van der Waals surface area contributed by atoms with Gasteiger partial charge in [-0.3, -0.25) is 4.79 Å². The Hall–Kier alpha value is -1.36. The summed E-state index contributed by atoms with van der Waals surface area (Å²) in [7, 11) is 1.38. The predicted molar refractivity (Wildman–Crippen MR) is 64.5 cm³/mol. The van der Waals surface area contributed by atoms with Crippen LogP contribution in [0.4, 0.5) is 0 Å². The monoisotopic (exact) mass is 282 g/mol. The fourth-order valence-electron chi connectivity index (χ4n) is 1.53. The van der Waals surface area contributed by atoms with E-state index in [4.69, 9.17) is 0 Å². The Morgan fingerprint density at radius 3 is 3.06 bits per heavy atom. The number of halogens is 1. The maximum Gasteiger partial charge on any atom is 0.321 e. The lowest BCUT2D eigenvalue weighted by Gasteiger charge is -2.08. The van der Waals surface area contributed by atoms with E-state index in [1.807, 2.05) is 28.8 Å². The SMILES string of the molecule is COC(=O)C(Br)Cn1cnc2ccccc21. The van der Waals surface area contributed by atoms with Crippen molar-refractivity contribution in [2.45, 2.75) is 11.4 Å². The second-order valence-corrected chi connectivity index (χ2v) is 4.48. The van der Waals surface area contributed by atoms with Gasteiger partial charge in [0.2, 0.25) is 0 Å². The zero-order valence-electron chi connectivity index (χ0n) is 8.76. The van der Waals surface area contributed by atoms with Gasteiger partial charge in [-0.25, -0.2) is 4.98 Å². The molecule has 1 aromatic heterocycles. The number of carbonyl (C=O) groups excluding carboxylic acids is 1. The number of methoxy groups -OCH3 is 1. The number of para-hydroxylation sites is 2. The fraction of sp³-hybridized carbons (Fsp3) is 0.273. The van der Waals surface area contributed by atoms with Crippen LogP contribution in [-0.2, 0) is 16.1 Å². The minimum Gasteiger partial charge on any atom is -0.468 e. The van der Waals surface area contributed by atoms with Gasteiger partial charge in [0.05, 0.1) is 24.5 Å². The maximum atomic E-state index is 11.3. The molecule has 2 rings (SSSR count). The zero-order chi connectivity index (χ0) is 11.5. The summed E-state index contributed by atoms with van der Waals surface area (Å²) in [6.45, 7) is 0.507. The summed E-state index contributed by atoms with van der Waals surface area (Å²) >= 11 is 3.29. The lowest BCUT2D eigenvalue weighted by atomic mass is 10.3. The van der Waals surface area contributed by atoms with Gasteiger partial charge in [-0.1, -0.05) is 28.1 Å². The Labute approximate surface area is 101 Å². The van der Waals surface area contributed by atoms with Crippen molar-refractivity contribution in [3.63, 3.8) is 0 Å². The molecule has 0 aliphatic heterocycles. The van der Waals surface area contributed by atoms with E-state index >= 15 is 0 Å². The van der Waals surface area contributed by atoms with Gasteiger partial charge in [0, 0.05) is 6.54 Å². The summed E-state index contributed by atoms with van der Waals surface area (Å²) in [6.07, 6.45) is 1.72. The third-order valence-electron chi connectivity index (χ3n) is 2.34. The molecular weight excluding hydrogens is 272 g/mol. The molecule has 0 aliphatic rings. The van der Waals surface area contributed by atoms with Crippen LogP contribution in [0.15, 0.2) is 30.6 Å². The number of esters is 1. The molecule has 0 saturated carbocycles. The third kappa shape index (κ3) is 2.09. The number of nitrogens with zero attached hydrogens (tertiary/aromatic N) is 2. The molecule has 5 heteroatoms. The van der Waals surface area contributed by atoms with Crippen LogP contribution in [0.1, 0.15) is 0 Å². The maximum absolute atomic E-state index is 11.3. The van der Waals surface area contributed by atoms with Crippen LogP contribution in [0.3, 0.4) is 0 Å². The number of benzene rings is 1. The number of ether oxygens (including phenoxy) is 1. The Morgan fingerprint density at radius 2 is 2.31 bits per heavy atom. The van der Waals surface area contributed by atoms with Gasteiger partial charge in [-0.15, -0.1) is 0 Å². The van der Waals surface area contributed by atoms with Crippen LogP contribution in [0, 0.1) is 0 Å². The van der Waals surface area contributed by atoms with Crippen LogP contribution in [0.25, 0.3) is 11.0 Å². The molecule has 1 aromatic carbocycles. The van der Waals surface area contributed by atoms with Crippen LogP contribution < -0.4 is 0 Å². The molecule has 0 aliphatic carbocycles. The van der Waals surface area contributed by atoms with Crippen LogP contribution in [-0.4, -0.2) is 27.5 Å². The van der Waals surface area contributed by atoms with Gasteiger partial charge in [0.15, 0.2) is 0 Å². The number of rotatable bonds is 3. The number of hydrogen-bond acceptors (Lipinski definition) is 3. The molecule has 4 nitrogen and oxygen atoms in total. The molecule has 16 heavy (non-hydrogen) atoms. The van der Waals surface area contributed by atoms with E-state index in [0.717, 1.165) is 11.0 Å². The Balaban J connectivity index is 2.24. The van der Waals surface area contributed by atoms with E-state index in [0.29, 0.717) is 6.54 Å². The zero-order valence-corrected chi connectivity index (χ0v) is 10.3. The quantitative estimate of drug-likeness (QED) is 0.639. The summed E-state index contributed by atoms with van der Waals surface area (Å²) in [5.74, 6) is -0.280. The Bertz CT molecular complexity index is 509. The molecule has 2 aromatic rings. The highest BCUT2D eigenvalue weighted by atomic mass is 79.9. The van der Waals surface area contributed by atoms with E-state index in [2.05, 4.69) is 25.7 Å². The number of alkyl halides is 1. The predicted octanol–water partition coefficient (Wildman–Crippen LogP) is 1.97. The van der Waals surface area contributed by atoms with E-state index in [-0.39, 0.29) is 10.8 Å². The second kappa shape index (κ2) is 4.65. The van der Waals surface area contributed by atoms with Gasteiger partial charge in [-0.2, -0.15) is 0 Å². The van der Waals surface area contributed by atoms with Crippen molar-refractivity contribution < 1.29 is 9.53 Å². The van der Waals surface area contributed by atoms with Crippen molar-refractivity contribution in [2.75, 3.05) is 7.11 Å². The molecule has 0 fully saturated rings. The Kier molecular flexibility index (Phi) is 3.24. The summed E-state index contributed by atoms with van der Waals surface area (Å²) in [5, 5.41) is 0. The standard InChI is InChI=1S/C11H11BrN2O2/c1-16-11(15)8(12)6-14-7-13-9-4-2-3-5-10(9)14/h2-5,7-8H,6H2,1H3. The van der Waals surface area contributed by atoms with E-state index in [1.54, 1.807) is 6.33 Å². The van der Waals surface area contributed by atoms with Gasteiger partial charge in [0.1, 0.15) is 4.83 Å². The summed E-state index contributed by atoms with van der Waals surface area (Å²) < 4.78 is 6.58. The molecule has 0 saturated heterocycles. The minimum atomic E-state index is -0.352. The van der Waals surface area contributed by atoms with Gasteiger partial charge >= 0.3 is 5.97 Å². The highest BCUT2D eigenvalue weighted by Gasteiger charge is 2.16. The number of aromatic nitrogens is 2. The first kappa shape index (κ1) is 11.1. The molecule has 0 spiro atoms. The highest BCUT2D eigenvalue weighted by molar-refractivity contribution is 9.10. The number of fused-ring (bicyclic) bond motifs is 1. The van der Waals surface area contributed by atoms with Crippen molar-refractivity contribution >= 4 is 32.9 Å². The van der Waals surface area contributed by atoms with Crippen molar-refractivity contribution in [2.24, 2.45) is 0 Å². The van der Waals surface area contributed by atoms with Gasteiger partial charge in [0.25, 0.3) is 0 Å². The van der Waals surface area contributed by atoms with Gasteiger partial charge in [-0.05, 0) is 12.1 Å². The van der Waals surface area contributed by atoms with Crippen molar-refractivity contribution in [3.8, 4) is 0 Å². The summed E-state index contributed by atoms with van der Waals surface area (Å²) in [4.78, 5) is 15.2. The molecular formula is C11H11BrN2O2. The van der Waals surface area contributed by atoms with E-state index in [9.17, 15) is 4.79 Å². The molecule has 1 atom stereocenters. The van der Waals surface area contributed by atoms with Crippen molar-refractivity contribution in [1.82, 2.24) is 9.55 Å². The van der Waals surface area contributed by atoms with Crippen LogP contribution in [0.5, 0.6) is 0 Å². The number of carbonyl (C=O) groups is 1. The fourth-order valence-corrected chi connectivity index (χ4v) is 2.03. The lowest BCUT2D eigenvalue weighted by molar-refractivity contribution is -0.140. The summed E-state index contributed by atoms with van der Waals surface area (Å²) in [5.41, 5.74) is 1.93. The second-order valence-electron chi connectivity index (χ2n) is 3.38. The molecule has 0 radical (unpaired) electrons. The average Bonchev–Trinajstić information content (AvgIpc) is 2.72. The first-order valence-corrected chi connectivity index (χ1v) is 5.75. The molecule has 1 heterocycles. The van der Waals surface area contributed by atoms with E-state index < -0.39 is 0 Å². The lowest BCUT2D eigenvalue weighted by Crippen LogP contribution is -2.21. The molecule has 0 amide bonds. The van der Waals surface area contributed by atoms with Gasteiger partial charge < -0.3 is 9.30 Å². The average molecular weight is 283 g/mol. The molecule has 1 unspecified atom stereocenters. The largest absolute Gasteiger partial charge is 0.468 e. The highest BCUT2D eigenvalue weighted by Crippen LogP contribution is 2.14. The topological polar surface area (TPSA) is 44.1 Å². The van der Waals surface area contributed by atoms with Crippen LogP contribution >= 0.6 is 15.9 Å². The first-order chi connectivity index (χ1) is 7.72. The number of imidazole rings is 1. The molecule has 0 bridgehead atoms. The number of hydrogen-bond donors (Lipinski definition) is 0. The molecule has 0 N–H and O–H groups in total. The first-order valence-electron chi connectivity index (χ1n) is 4.84. The van der Waals surface area contributed by atoms with Crippen molar-refractivity contribution in [3.05, 3.63) is 30.6 Å². The smallest absolute Gasteiger partial charge is 0.321 e. The van der Waals surface area contributed by atoms with E-state index in [1.165, 1.54) is 7.11 Å². The normalized spacial score (nSPS) is 12.6. The minimum absolute atomic E-state index is 0.280. The Morgan fingerprint density at radius 1 is 1.56 bits per heavy atom. The molecule has 84 valence electrons. The van der Waals surface area contributed by atoms with Crippen molar-refractivity contribution in [1.29, 1.82) is 0 Å². The van der Waals surface area contributed by atoms with Crippen LogP contribution in [0.2, 0.25) is 0 Å².